The second kappa shape index (κ2) is 3.57. The largest absolute Gasteiger partial charge is 0.295 e. The summed E-state index contributed by atoms with van der Waals surface area (Å²) in [6, 6.07) is 7.54. The lowest BCUT2D eigenvalue weighted by atomic mass is 10.1. The van der Waals surface area contributed by atoms with Gasteiger partial charge in [0.15, 0.2) is 9.84 Å². The molecule has 0 amide bonds. The van der Waals surface area contributed by atoms with Gasteiger partial charge in [-0.05, 0) is 37.6 Å². The normalized spacial score (nSPS) is 28.1. The van der Waals surface area contributed by atoms with Crippen LogP contribution in [0, 0.1) is 0 Å². The second-order valence-electron chi connectivity index (χ2n) is 4.58. The molecule has 4 heteroatoms. The van der Waals surface area contributed by atoms with Crippen LogP contribution in [-0.2, 0) is 9.84 Å². The lowest BCUT2D eigenvalue weighted by molar-refractivity contribution is 0.267. The Kier molecular flexibility index (Phi) is 2.30. The van der Waals surface area contributed by atoms with Crippen molar-refractivity contribution < 1.29 is 8.42 Å². The van der Waals surface area contributed by atoms with E-state index < -0.39 is 9.84 Å². The van der Waals surface area contributed by atoms with Gasteiger partial charge in [0.2, 0.25) is 0 Å². The molecular weight excluding hydrogens is 222 g/mol. The molecule has 0 bridgehead atoms. The summed E-state index contributed by atoms with van der Waals surface area (Å²) in [5.74, 6) is 0.270. The predicted octanol–water partition coefficient (Wildman–Crippen LogP) is 1.61. The van der Waals surface area contributed by atoms with E-state index in [0.717, 1.165) is 18.7 Å². The Hall–Kier alpha value is -0.870. The van der Waals surface area contributed by atoms with Gasteiger partial charge in [-0.3, -0.25) is 4.90 Å². The second-order valence-corrected chi connectivity index (χ2v) is 6.58. The monoisotopic (exact) mass is 237 g/mol. The summed E-state index contributed by atoms with van der Waals surface area (Å²) in [6.45, 7) is 2.07. The summed E-state index contributed by atoms with van der Waals surface area (Å²) < 4.78 is 24.0. The van der Waals surface area contributed by atoms with Crippen molar-refractivity contribution in [2.24, 2.45) is 0 Å². The summed E-state index contributed by atoms with van der Waals surface area (Å²) in [5, 5.41) is 0. The lowest BCUT2D eigenvalue weighted by Crippen LogP contribution is -2.26. The van der Waals surface area contributed by atoms with Crippen LogP contribution in [0.2, 0.25) is 0 Å². The van der Waals surface area contributed by atoms with E-state index in [-0.39, 0.29) is 11.8 Å². The maximum Gasteiger partial charge on any atom is 0.180 e. The van der Waals surface area contributed by atoms with E-state index >= 15 is 0 Å². The van der Waals surface area contributed by atoms with Crippen LogP contribution in [0.25, 0.3) is 0 Å². The van der Waals surface area contributed by atoms with E-state index in [1.807, 2.05) is 18.2 Å². The van der Waals surface area contributed by atoms with E-state index in [1.165, 1.54) is 12.8 Å². The zero-order chi connectivity index (χ0) is 11.2. The molecule has 3 nitrogen and oxygen atoms in total. The number of benzene rings is 1. The van der Waals surface area contributed by atoms with Crippen molar-refractivity contribution in [2.75, 3.05) is 18.8 Å². The molecule has 3 rings (SSSR count). The van der Waals surface area contributed by atoms with Gasteiger partial charge in [0.1, 0.15) is 0 Å². The highest BCUT2D eigenvalue weighted by molar-refractivity contribution is 7.91. The number of nitrogens with zero attached hydrogens (tertiary/aromatic N) is 1. The third-order valence-electron chi connectivity index (χ3n) is 3.57. The van der Waals surface area contributed by atoms with Crippen LogP contribution in [0.15, 0.2) is 29.2 Å². The summed E-state index contributed by atoms with van der Waals surface area (Å²) in [5.41, 5.74) is 1.00. The molecule has 86 valence electrons. The minimum atomic E-state index is -3.03. The molecule has 0 unspecified atom stereocenters. The van der Waals surface area contributed by atoms with E-state index in [2.05, 4.69) is 4.90 Å². The number of sulfone groups is 1. The Morgan fingerprint density at radius 3 is 2.56 bits per heavy atom. The van der Waals surface area contributed by atoms with Gasteiger partial charge in [-0.15, -0.1) is 0 Å². The Morgan fingerprint density at radius 2 is 1.81 bits per heavy atom. The minimum Gasteiger partial charge on any atom is -0.295 e. The molecule has 2 aliphatic heterocycles. The van der Waals surface area contributed by atoms with Crippen molar-refractivity contribution in [3.05, 3.63) is 29.8 Å². The Bertz CT molecular complexity index is 504. The molecule has 1 aromatic carbocycles. The molecule has 1 atom stereocenters. The quantitative estimate of drug-likeness (QED) is 0.744. The standard InChI is InChI=1S/C12H15NO2S/c14-16(15)9-11(13-7-3-4-8-13)10-5-1-2-6-12(10)16/h1-2,5-6,11H,3-4,7-9H2/t11-/m1/s1. The topological polar surface area (TPSA) is 37.4 Å². The van der Waals surface area contributed by atoms with Gasteiger partial charge >= 0.3 is 0 Å². The van der Waals surface area contributed by atoms with Crippen LogP contribution in [0.3, 0.4) is 0 Å². The van der Waals surface area contributed by atoms with Gasteiger partial charge in [-0.2, -0.15) is 0 Å². The van der Waals surface area contributed by atoms with E-state index in [1.54, 1.807) is 6.07 Å². The highest BCUT2D eigenvalue weighted by Gasteiger charge is 2.38. The van der Waals surface area contributed by atoms with Crippen molar-refractivity contribution >= 4 is 9.84 Å². The van der Waals surface area contributed by atoms with E-state index in [4.69, 9.17) is 0 Å². The fourth-order valence-corrected chi connectivity index (χ4v) is 4.62. The van der Waals surface area contributed by atoms with Gasteiger partial charge in [0, 0.05) is 0 Å². The molecule has 2 heterocycles. The van der Waals surface area contributed by atoms with Crippen molar-refractivity contribution in [3.8, 4) is 0 Å². The molecule has 16 heavy (non-hydrogen) atoms. The first-order valence-electron chi connectivity index (χ1n) is 5.74. The Morgan fingerprint density at radius 1 is 1.12 bits per heavy atom. The molecule has 0 aromatic heterocycles. The van der Waals surface area contributed by atoms with Gasteiger partial charge < -0.3 is 0 Å². The van der Waals surface area contributed by atoms with Gasteiger partial charge in [0.25, 0.3) is 0 Å². The molecule has 0 spiro atoms. The highest BCUT2D eigenvalue weighted by atomic mass is 32.2. The van der Waals surface area contributed by atoms with Gasteiger partial charge in [-0.1, -0.05) is 18.2 Å². The summed E-state index contributed by atoms with van der Waals surface area (Å²) in [4.78, 5) is 2.86. The van der Waals surface area contributed by atoms with Crippen LogP contribution in [-0.4, -0.2) is 32.2 Å². The first-order valence-corrected chi connectivity index (χ1v) is 7.39. The van der Waals surface area contributed by atoms with E-state index in [0.29, 0.717) is 4.90 Å². The molecule has 0 N–H and O–H groups in total. The fraction of sp³-hybridized carbons (Fsp3) is 0.500. The van der Waals surface area contributed by atoms with Crippen molar-refractivity contribution in [3.63, 3.8) is 0 Å². The Balaban J connectivity index is 2.05. The van der Waals surface area contributed by atoms with Crippen LogP contribution in [0.4, 0.5) is 0 Å². The molecule has 1 saturated heterocycles. The lowest BCUT2D eigenvalue weighted by Gasteiger charge is -2.22. The predicted molar refractivity (Wildman–Crippen MR) is 62.0 cm³/mol. The molecular formula is C12H15NO2S. The highest BCUT2D eigenvalue weighted by Crippen LogP contribution is 2.38. The van der Waals surface area contributed by atoms with Gasteiger partial charge in [-0.25, -0.2) is 8.42 Å². The average Bonchev–Trinajstić information content (AvgIpc) is 2.86. The zero-order valence-corrected chi connectivity index (χ0v) is 9.91. The molecule has 0 saturated carbocycles. The van der Waals surface area contributed by atoms with Gasteiger partial charge in [0.05, 0.1) is 16.7 Å². The zero-order valence-electron chi connectivity index (χ0n) is 9.09. The van der Waals surface area contributed by atoms with Crippen molar-refractivity contribution in [1.82, 2.24) is 4.90 Å². The van der Waals surface area contributed by atoms with Crippen LogP contribution >= 0.6 is 0 Å². The summed E-state index contributed by atoms with van der Waals surface area (Å²) in [7, 11) is -3.03. The molecule has 0 radical (unpaired) electrons. The van der Waals surface area contributed by atoms with Crippen molar-refractivity contribution in [1.29, 1.82) is 0 Å². The summed E-state index contributed by atoms with van der Waals surface area (Å²) in [6.07, 6.45) is 2.39. The number of likely N-dealkylation sites (tertiary alicyclic amines) is 1. The smallest absolute Gasteiger partial charge is 0.180 e. The number of hydrogen-bond donors (Lipinski definition) is 0. The average molecular weight is 237 g/mol. The third-order valence-corrected chi connectivity index (χ3v) is 5.37. The fourth-order valence-electron chi connectivity index (χ4n) is 2.78. The third kappa shape index (κ3) is 1.48. The molecule has 0 aliphatic carbocycles. The SMILES string of the molecule is O=S1(=O)C[C@@H](N2CCCC2)c2ccccc21. The molecule has 1 aromatic rings. The first-order chi connectivity index (χ1) is 7.68. The first kappa shape index (κ1) is 10.3. The van der Waals surface area contributed by atoms with E-state index in [9.17, 15) is 8.42 Å². The van der Waals surface area contributed by atoms with Crippen LogP contribution < -0.4 is 0 Å². The number of hydrogen-bond acceptors (Lipinski definition) is 3. The Labute approximate surface area is 96.0 Å². The number of rotatable bonds is 1. The maximum atomic E-state index is 12.0. The van der Waals surface area contributed by atoms with Crippen LogP contribution in [0.1, 0.15) is 24.4 Å². The maximum absolute atomic E-state index is 12.0. The molecule has 2 aliphatic rings. The molecule has 1 fully saturated rings. The summed E-state index contributed by atoms with van der Waals surface area (Å²) >= 11 is 0. The van der Waals surface area contributed by atoms with Crippen LogP contribution in [0.5, 0.6) is 0 Å². The minimum absolute atomic E-state index is 0.101. The number of fused-ring (bicyclic) bond motifs is 1. The van der Waals surface area contributed by atoms with Crippen molar-refractivity contribution in [2.45, 2.75) is 23.8 Å².